The molecule has 0 aliphatic carbocycles. The minimum absolute atomic E-state index is 0.0161. The number of rotatable bonds is 2. The van der Waals surface area contributed by atoms with E-state index < -0.39 is 9.84 Å². The number of hydrogen-bond acceptors (Lipinski definition) is 4. The summed E-state index contributed by atoms with van der Waals surface area (Å²) in [7, 11) is -3.68. The molecule has 0 saturated carbocycles. The van der Waals surface area contributed by atoms with Crippen LogP contribution in [0.5, 0.6) is 11.5 Å². The average Bonchev–Trinajstić information content (AvgIpc) is 2.28. The van der Waals surface area contributed by atoms with Gasteiger partial charge in [0.15, 0.2) is 0 Å². The molecular weight excluding hydrogens is 252 g/mol. The molecule has 0 spiro atoms. The van der Waals surface area contributed by atoms with Crippen LogP contribution >= 0.6 is 0 Å². The largest absolute Gasteiger partial charge is 0.508 e. The monoisotopic (exact) mass is 264 g/mol. The number of phenolic OH excluding ortho intramolecular Hbond substituents is 2. The molecule has 94 valence electrons. The van der Waals surface area contributed by atoms with Gasteiger partial charge in [0, 0.05) is 0 Å². The molecule has 0 saturated heterocycles. The second-order valence-electron chi connectivity index (χ2n) is 3.95. The third-order valence-electron chi connectivity index (χ3n) is 2.58. The van der Waals surface area contributed by atoms with Crippen LogP contribution in [0.1, 0.15) is 5.56 Å². The standard InChI is InChI=1S/C13H12O4S/c1-9-7-11(15)5-6-13(9)18(16,17)12-4-2-3-10(14)8-12/h2-8,14-15H,1H3. The van der Waals surface area contributed by atoms with Crippen LogP contribution in [0.25, 0.3) is 0 Å². The quantitative estimate of drug-likeness (QED) is 0.872. The van der Waals surface area contributed by atoms with Crippen molar-refractivity contribution in [2.75, 3.05) is 0 Å². The number of hydrogen-bond donors (Lipinski definition) is 2. The number of aromatic hydroxyl groups is 2. The Bertz CT molecular complexity index is 690. The summed E-state index contributed by atoms with van der Waals surface area (Å²) in [6.45, 7) is 1.61. The predicted molar refractivity (Wildman–Crippen MR) is 66.4 cm³/mol. The molecule has 2 N–H and O–H groups in total. The maximum absolute atomic E-state index is 12.3. The van der Waals surface area contributed by atoms with Crippen molar-refractivity contribution in [3.05, 3.63) is 48.0 Å². The van der Waals surface area contributed by atoms with Crippen LogP contribution < -0.4 is 0 Å². The van der Waals surface area contributed by atoms with Gasteiger partial charge in [-0.3, -0.25) is 0 Å². The molecule has 0 unspecified atom stereocenters. The van der Waals surface area contributed by atoms with Gasteiger partial charge in [0.05, 0.1) is 9.79 Å². The van der Waals surface area contributed by atoms with E-state index in [1.165, 1.54) is 42.5 Å². The minimum Gasteiger partial charge on any atom is -0.508 e. The lowest BCUT2D eigenvalue weighted by molar-refractivity contribution is 0.472. The van der Waals surface area contributed by atoms with Gasteiger partial charge in [0.25, 0.3) is 0 Å². The third-order valence-corrected chi connectivity index (χ3v) is 4.49. The van der Waals surface area contributed by atoms with E-state index in [-0.39, 0.29) is 21.3 Å². The highest BCUT2D eigenvalue weighted by Gasteiger charge is 2.20. The molecule has 2 rings (SSSR count). The molecule has 0 aliphatic rings. The average molecular weight is 264 g/mol. The zero-order valence-electron chi connectivity index (χ0n) is 9.66. The first-order valence-electron chi connectivity index (χ1n) is 5.25. The van der Waals surface area contributed by atoms with E-state index in [4.69, 9.17) is 0 Å². The first-order valence-corrected chi connectivity index (χ1v) is 6.73. The van der Waals surface area contributed by atoms with Gasteiger partial charge in [-0.25, -0.2) is 8.42 Å². The van der Waals surface area contributed by atoms with Gasteiger partial charge >= 0.3 is 0 Å². The second-order valence-corrected chi connectivity index (χ2v) is 5.87. The highest BCUT2D eigenvalue weighted by atomic mass is 32.2. The van der Waals surface area contributed by atoms with Crippen molar-refractivity contribution < 1.29 is 18.6 Å². The summed E-state index contributed by atoms with van der Waals surface area (Å²) in [4.78, 5) is 0.141. The zero-order chi connectivity index (χ0) is 13.3. The van der Waals surface area contributed by atoms with E-state index in [2.05, 4.69) is 0 Å². The maximum atomic E-state index is 12.3. The second kappa shape index (κ2) is 4.34. The molecule has 0 amide bonds. The summed E-state index contributed by atoms with van der Waals surface area (Å²) < 4.78 is 24.7. The van der Waals surface area contributed by atoms with E-state index in [9.17, 15) is 18.6 Å². The molecule has 5 heteroatoms. The molecule has 0 aromatic heterocycles. The summed E-state index contributed by atoms with van der Waals surface area (Å²) in [5.41, 5.74) is 0.457. The number of sulfone groups is 1. The smallest absolute Gasteiger partial charge is 0.206 e. The van der Waals surface area contributed by atoms with E-state index in [1.54, 1.807) is 6.92 Å². The minimum atomic E-state index is -3.68. The van der Waals surface area contributed by atoms with Crippen LogP contribution in [0.3, 0.4) is 0 Å². The zero-order valence-corrected chi connectivity index (χ0v) is 10.5. The van der Waals surface area contributed by atoms with E-state index in [0.717, 1.165) is 0 Å². The summed E-state index contributed by atoms with van der Waals surface area (Å²) in [5, 5.41) is 18.6. The van der Waals surface area contributed by atoms with Gasteiger partial charge in [0.2, 0.25) is 9.84 Å². The van der Waals surface area contributed by atoms with Crippen LogP contribution in [0.4, 0.5) is 0 Å². The highest BCUT2D eigenvalue weighted by Crippen LogP contribution is 2.27. The van der Waals surface area contributed by atoms with Crippen LogP contribution in [-0.2, 0) is 9.84 Å². The lowest BCUT2D eigenvalue weighted by Crippen LogP contribution is -2.03. The summed E-state index contributed by atoms with van der Waals surface area (Å²) in [6, 6.07) is 9.55. The van der Waals surface area contributed by atoms with E-state index in [1.807, 2.05) is 0 Å². The highest BCUT2D eigenvalue weighted by molar-refractivity contribution is 7.91. The van der Waals surface area contributed by atoms with Gasteiger partial charge in [-0.2, -0.15) is 0 Å². The van der Waals surface area contributed by atoms with Crippen LogP contribution in [0, 0.1) is 6.92 Å². The first kappa shape index (κ1) is 12.4. The van der Waals surface area contributed by atoms with Crippen molar-refractivity contribution in [1.82, 2.24) is 0 Å². The normalized spacial score (nSPS) is 11.4. The number of benzene rings is 2. The van der Waals surface area contributed by atoms with E-state index >= 15 is 0 Å². The lowest BCUT2D eigenvalue weighted by atomic mass is 10.2. The molecule has 2 aromatic carbocycles. The molecule has 0 radical (unpaired) electrons. The molecule has 4 nitrogen and oxygen atoms in total. The van der Waals surface area contributed by atoms with Crippen molar-refractivity contribution >= 4 is 9.84 Å². The third kappa shape index (κ3) is 2.17. The molecule has 0 bridgehead atoms. The fourth-order valence-corrected chi connectivity index (χ4v) is 3.23. The van der Waals surface area contributed by atoms with Crippen LogP contribution in [-0.4, -0.2) is 18.6 Å². The summed E-state index contributed by atoms with van der Waals surface area (Å²) >= 11 is 0. The number of phenols is 2. The SMILES string of the molecule is Cc1cc(O)ccc1S(=O)(=O)c1cccc(O)c1. The molecular formula is C13H12O4S. The fourth-order valence-electron chi connectivity index (χ4n) is 1.71. The van der Waals surface area contributed by atoms with Crippen molar-refractivity contribution in [2.45, 2.75) is 16.7 Å². The van der Waals surface area contributed by atoms with Crippen molar-refractivity contribution in [1.29, 1.82) is 0 Å². The van der Waals surface area contributed by atoms with Gasteiger partial charge in [0.1, 0.15) is 11.5 Å². The lowest BCUT2D eigenvalue weighted by Gasteiger charge is -2.08. The predicted octanol–water partition coefficient (Wildman–Crippen LogP) is 2.24. The fraction of sp³-hybridized carbons (Fsp3) is 0.0769. The van der Waals surface area contributed by atoms with E-state index in [0.29, 0.717) is 5.56 Å². The summed E-state index contributed by atoms with van der Waals surface area (Å²) in [5.74, 6) is -0.0881. The molecule has 0 heterocycles. The van der Waals surface area contributed by atoms with Crippen molar-refractivity contribution in [3.8, 4) is 11.5 Å². The Morgan fingerprint density at radius 3 is 2.22 bits per heavy atom. The topological polar surface area (TPSA) is 74.6 Å². The Labute approximate surface area is 105 Å². The van der Waals surface area contributed by atoms with Gasteiger partial charge in [-0.05, 0) is 48.9 Å². The number of aryl methyl sites for hydroxylation is 1. The Hall–Kier alpha value is -2.01. The van der Waals surface area contributed by atoms with Gasteiger partial charge < -0.3 is 10.2 Å². The Morgan fingerprint density at radius 1 is 0.944 bits per heavy atom. The van der Waals surface area contributed by atoms with Crippen molar-refractivity contribution in [3.63, 3.8) is 0 Å². The van der Waals surface area contributed by atoms with Crippen molar-refractivity contribution in [2.24, 2.45) is 0 Å². The Morgan fingerprint density at radius 2 is 1.61 bits per heavy atom. The summed E-state index contributed by atoms with van der Waals surface area (Å²) in [6.07, 6.45) is 0. The van der Waals surface area contributed by atoms with Crippen LogP contribution in [0.15, 0.2) is 52.3 Å². The Kier molecular flexibility index (Phi) is 3.00. The molecule has 0 fully saturated rings. The molecule has 0 atom stereocenters. The van der Waals surface area contributed by atoms with Gasteiger partial charge in [-0.15, -0.1) is 0 Å². The molecule has 18 heavy (non-hydrogen) atoms. The van der Waals surface area contributed by atoms with Crippen LogP contribution in [0.2, 0.25) is 0 Å². The molecule has 2 aromatic rings. The Balaban J connectivity index is 2.62. The first-order chi connectivity index (χ1) is 8.41. The maximum Gasteiger partial charge on any atom is 0.206 e. The molecule has 0 aliphatic heterocycles. The van der Waals surface area contributed by atoms with Gasteiger partial charge in [-0.1, -0.05) is 6.07 Å².